The summed E-state index contributed by atoms with van der Waals surface area (Å²) in [5, 5.41) is 24.4. The molecule has 0 aliphatic carbocycles. The lowest BCUT2D eigenvalue weighted by atomic mass is 9.96. The molecule has 2 aromatic carbocycles. The number of hydrogen-bond donors (Lipinski definition) is 2. The van der Waals surface area contributed by atoms with Crippen molar-refractivity contribution in [3.8, 4) is 22.7 Å². The van der Waals surface area contributed by atoms with Crippen LogP contribution in [0.5, 0.6) is 5.75 Å². The predicted molar refractivity (Wildman–Crippen MR) is 223 cm³/mol. The van der Waals surface area contributed by atoms with Gasteiger partial charge in [-0.2, -0.15) is 24.1 Å². The summed E-state index contributed by atoms with van der Waals surface area (Å²) in [5.74, 6) is 4.64. The molecule has 0 bridgehead atoms. The van der Waals surface area contributed by atoms with E-state index in [-0.39, 0.29) is 0 Å². The molecule has 60 heavy (non-hydrogen) atoms. The number of fused-ring (bicyclic) bond motifs is 2. The van der Waals surface area contributed by atoms with Gasteiger partial charge in [-0.05, 0) is 63.8 Å². The normalized spacial score (nSPS) is 14.9. The second-order valence-corrected chi connectivity index (χ2v) is 15.0. The fourth-order valence-corrected chi connectivity index (χ4v) is 7.58. The van der Waals surface area contributed by atoms with Crippen LogP contribution >= 0.6 is 0 Å². The molecule has 8 heterocycles. The number of hydrogen-bond acceptors (Lipinski definition) is 14. The van der Waals surface area contributed by atoms with Crippen molar-refractivity contribution in [2.75, 3.05) is 44.2 Å². The number of aryl methyl sites for hydroxylation is 2. The number of ether oxygens (including phenoxy) is 3. The molecular weight excluding hydrogens is 763 g/mol. The summed E-state index contributed by atoms with van der Waals surface area (Å²) < 4.78 is 27.3. The molecule has 8 aromatic rings. The first-order chi connectivity index (χ1) is 29.5. The van der Waals surface area contributed by atoms with Crippen molar-refractivity contribution < 1.29 is 18.7 Å². The van der Waals surface area contributed by atoms with E-state index in [9.17, 15) is 0 Å². The van der Waals surface area contributed by atoms with Crippen molar-refractivity contribution in [2.45, 2.75) is 64.5 Å². The first-order valence-electron chi connectivity index (χ1n) is 20.3. The highest BCUT2D eigenvalue weighted by Crippen LogP contribution is 2.29. The molecule has 0 spiro atoms. The third-order valence-corrected chi connectivity index (χ3v) is 10.7. The number of aromatic nitrogens is 11. The Morgan fingerprint density at radius 1 is 0.700 bits per heavy atom. The number of nitrogens with zero attached hydrogens (tertiary/aromatic N) is 11. The highest BCUT2D eigenvalue weighted by molar-refractivity contribution is 5.58. The fraction of sp³-hybridized carbons (Fsp3) is 0.349. The van der Waals surface area contributed by atoms with Crippen LogP contribution < -0.4 is 15.4 Å². The molecule has 0 atom stereocenters. The van der Waals surface area contributed by atoms with Gasteiger partial charge in [-0.1, -0.05) is 41.6 Å². The minimum atomic E-state index is 0.408. The van der Waals surface area contributed by atoms with Crippen LogP contribution in [0.4, 0.5) is 11.9 Å². The van der Waals surface area contributed by atoms with Crippen molar-refractivity contribution in [2.24, 2.45) is 0 Å². The van der Waals surface area contributed by atoms with E-state index in [1.807, 2.05) is 101 Å². The van der Waals surface area contributed by atoms with E-state index in [0.717, 1.165) is 109 Å². The molecule has 308 valence electrons. The average Bonchev–Trinajstić information content (AvgIpc) is 4.12. The Labute approximate surface area is 346 Å². The van der Waals surface area contributed by atoms with Gasteiger partial charge in [0.15, 0.2) is 5.76 Å². The SMILES string of the molecule is COc1cccc(-n2cc(CNc3nc4nc(C)cc(C5CCOCC5)n4n3)cn2)c1.Cc1cc(C2CCOCC2)n2nc(NCc3cc(-c4ccccc4)no3)nc2n1. The van der Waals surface area contributed by atoms with Gasteiger partial charge in [0.2, 0.25) is 11.9 Å². The monoisotopic (exact) mass is 809 g/mol. The highest BCUT2D eigenvalue weighted by atomic mass is 16.5. The molecule has 17 heteroatoms. The quantitative estimate of drug-likeness (QED) is 0.140. The summed E-state index contributed by atoms with van der Waals surface area (Å²) in [6.45, 7) is 8.12. The summed E-state index contributed by atoms with van der Waals surface area (Å²) in [4.78, 5) is 18.2. The second kappa shape index (κ2) is 17.6. The van der Waals surface area contributed by atoms with Crippen LogP contribution in [0, 0.1) is 13.8 Å². The molecule has 10 rings (SSSR count). The van der Waals surface area contributed by atoms with Crippen LogP contribution in [0.15, 0.2) is 89.7 Å². The molecule has 17 nitrogen and oxygen atoms in total. The maximum absolute atomic E-state index is 5.51. The van der Waals surface area contributed by atoms with Crippen LogP contribution in [0.25, 0.3) is 28.5 Å². The lowest BCUT2D eigenvalue weighted by Crippen LogP contribution is -2.17. The third-order valence-electron chi connectivity index (χ3n) is 10.7. The Morgan fingerprint density at radius 3 is 1.93 bits per heavy atom. The van der Waals surface area contributed by atoms with E-state index >= 15 is 0 Å². The minimum absolute atomic E-state index is 0.408. The summed E-state index contributed by atoms with van der Waals surface area (Å²) in [6, 6.07) is 23.9. The molecule has 6 aromatic heterocycles. The Morgan fingerprint density at radius 2 is 1.32 bits per heavy atom. The van der Waals surface area contributed by atoms with Gasteiger partial charge in [-0.15, -0.1) is 10.2 Å². The Kier molecular flexibility index (Phi) is 11.4. The van der Waals surface area contributed by atoms with Gasteiger partial charge in [0.05, 0.1) is 36.9 Å². The zero-order chi connectivity index (χ0) is 40.8. The zero-order valence-corrected chi connectivity index (χ0v) is 33.9. The van der Waals surface area contributed by atoms with E-state index in [2.05, 4.69) is 63.2 Å². The predicted octanol–water partition coefficient (Wildman–Crippen LogP) is 6.73. The standard InChI is InChI=1S/C22H25N7O2.C21H22N6O2/c1-15-10-20(17-6-8-31-9-7-17)29-22(25-15)26-21(27-29)23-12-16-13-24-28(14-16)18-4-3-5-19(11-18)30-2;1-14-11-19(16-7-9-28-10-8-16)27-21(23-14)24-20(25-27)22-13-17-12-18(26-29-17)15-5-3-2-4-6-15/h3-5,10-11,13-14,17H,6-9,12H2,1-2H3,(H,23,27);2-6,11-12,16H,7-10,13H2,1H3,(H,22,25). The van der Waals surface area contributed by atoms with E-state index in [4.69, 9.17) is 18.7 Å². The number of rotatable bonds is 11. The van der Waals surface area contributed by atoms with Crippen molar-refractivity contribution in [1.29, 1.82) is 0 Å². The van der Waals surface area contributed by atoms with Gasteiger partial charge in [-0.3, -0.25) is 0 Å². The number of methoxy groups -OCH3 is 1. The molecule has 2 fully saturated rings. The third kappa shape index (κ3) is 8.81. The molecule has 2 aliphatic rings. The first kappa shape index (κ1) is 38.8. The Bertz CT molecular complexity index is 2680. The molecule has 0 radical (unpaired) electrons. The van der Waals surface area contributed by atoms with Gasteiger partial charge in [0, 0.05) is 85.7 Å². The van der Waals surface area contributed by atoms with Crippen LogP contribution in [0.2, 0.25) is 0 Å². The lowest BCUT2D eigenvalue weighted by Gasteiger charge is -2.22. The fourth-order valence-electron chi connectivity index (χ4n) is 7.58. The van der Waals surface area contributed by atoms with Gasteiger partial charge in [0.1, 0.15) is 11.4 Å². The number of anilines is 2. The zero-order valence-electron chi connectivity index (χ0n) is 33.9. The maximum atomic E-state index is 5.51. The smallest absolute Gasteiger partial charge is 0.254 e. The van der Waals surface area contributed by atoms with Gasteiger partial charge in [0.25, 0.3) is 11.6 Å². The number of nitrogens with one attached hydrogen (secondary N) is 2. The van der Waals surface area contributed by atoms with Gasteiger partial charge < -0.3 is 29.4 Å². The largest absolute Gasteiger partial charge is 0.497 e. The summed E-state index contributed by atoms with van der Waals surface area (Å²) in [6.07, 6.45) is 7.77. The molecule has 2 N–H and O–H groups in total. The lowest BCUT2D eigenvalue weighted by molar-refractivity contribution is 0.0839. The first-order valence-corrected chi connectivity index (χ1v) is 20.3. The summed E-state index contributed by atoms with van der Waals surface area (Å²) >= 11 is 0. The van der Waals surface area contributed by atoms with Crippen LogP contribution in [0.3, 0.4) is 0 Å². The molecule has 2 saturated heterocycles. The van der Waals surface area contributed by atoms with Gasteiger partial charge in [-0.25, -0.2) is 14.6 Å². The Hall–Kier alpha value is -6.72. The molecule has 0 unspecified atom stereocenters. The highest BCUT2D eigenvalue weighted by Gasteiger charge is 2.23. The van der Waals surface area contributed by atoms with Crippen LogP contribution in [-0.4, -0.2) is 87.6 Å². The number of benzene rings is 2. The van der Waals surface area contributed by atoms with E-state index in [1.54, 1.807) is 7.11 Å². The average molecular weight is 810 g/mol. The van der Waals surface area contributed by atoms with Crippen molar-refractivity contribution in [3.05, 3.63) is 119 Å². The van der Waals surface area contributed by atoms with Crippen LogP contribution in [0.1, 0.15) is 71.6 Å². The molecular formula is C43H47N13O4. The summed E-state index contributed by atoms with van der Waals surface area (Å²) in [7, 11) is 1.66. The van der Waals surface area contributed by atoms with Crippen molar-refractivity contribution in [1.82, 2.24) is 54.1 Å². The molecule has 0 saturated carbocycles. The topological polar surface area (TPSA) is 182 Å². The summed E-state index contributed by atoms with van der Waals surface area (Å²) in [5.41, 5.74) is 7.99. The van der Waals surface area contributed by atoms with Gasteiger partial charge >= 0.3 is 0 Å². The van der Waals surface area contributed by atoms with Crippen LogP contribution in [-0.2, 0) is 22.6 Å². The molecule has 0 amide bonds. The minimum Gasteiger partial charge on any atom is -0.497 e. The molecule has 2 aliphatic heterocycles. The van der Waals surface area contributed by atoms with Crippen molar-refractivity contribution >= 4 is 23.5 Å². The Balaban J connectivity index is 0.000000154. The van der Waals surface area contributed by atoms with E-state index in [0.29, 0.717) is 48.4 Å². The second-order valence-electron chi connectivity index (χ2n) is 15.0. The van der Waals surface area contributed by atoms with E-state index in [1.165, 1.54) is 0 Å². The van der Waals surface area contributed by atoms with E-state index < -0.39 is 0 Å². The van der Waals surface area contributed by atoms with Crippen molar-refractivity contribution in [3.63, 3.8) is 0 Å². The maximum Gasteiger partial charge on any atom is 0.254 e.